The van der Waals surface area contributed by atoms with Crippen LogP contribution in [0.15, 0.2) is 33.8 Å². The van der Waals surface area contributed by atoms with Crippen molar-refractivity contribution in [2.75, 3.05) is 11.5 Å². The first kappa shape index (κ1) is 19.3. The Morgan fingerprint density at radius 3 is 1.70 bits per heavy atom. The third-order valence-electron chi connectivity index (χ3n) is 4.54. The minimum absolute atomic E-state index is 0.0717. The molecule has 2 unspecified atom stereocenters. The van der Waals surface area contributed by atoms with Gasteiger partial charge in [-0.05, 0) is 13.8 Å². The van der Waals surface area contributed by atoms with Crippen LogP contribution >= 0.6 is 0 Å². The molecule has 0 aromatic carbocycles. The van der Waals surface area contributed by atoms with Gasteiger partial charge in [-0.1, -0.05) is 0 Å². The molecular formula is C17H20N10O3. The fourth-order valence-electron chi connectivity index (χ4n) is 2.88. The van der Waals surface area contributed by atoms with E-state index in [1.54, 1.807) is 13.8 Å². The van der Waals surface area contributed by atoms with Gasteiger partial charge in [0.2, 0.25) is 11.8 Å². The van der Waals surface area contributed by atoms with Gasteiger partial charge >= 0.3 is 0 Å². The number of oxazole rings is 2. The topological polar surface area (TPSA) is 183 Å². The molecule has 4 heterocycles. The molecule has 4 rings (SSSR count). The van der Waals surface area contributed by atoms with E-state index >= 15 is 0 Å². The number of Topliss-reactive ketones (excluding diaryl/α,β-unsaturated/α-hetero) is 1. The van der Waals surface area contributed by atoms with E-state index in [9.17, 15) is 4.79 Å². The Bertz CT molecular complexity index is 1070. The van der Waals surface area contributed by atoms with E-state index < -0.39 is 11.8 Å². The number of anilines is 2. The van der Waals surface area contributed by atoms with E-state index in [2.05, 4.69) is 30.4 Å². The van der Waals surface area contributed by atoms with E-state index in [-0.39, 0.29) is 18.9 Å². The Balaban J connectivity index is 1.41. The minimum atomic E-state index is -0.499. The average molecular weight is 412 g/mol. The zero-order valence-corrected chi connectivity index (χ0v) is 16.3. The highest BCUT2D eigenvalue weighted by Crippen LogP contribution is 2.25. The highest BCUT2D eigenvalue weighted by molar-refractivity contribution is 5.90. The van der Waals surface area contributed by atoms with Crippen LogP contribution in [-0.2, 0) is 17.9 Å². The zero-order chi connectivity index (χ0) is 21.3. The summed E-state index contributed by atoms with van der Waals surface area (Å²) in [6, 6.07) is 0. The lowest BCUT2D eigenvalue weighted by atomic mass is 9.91. The Labute approximate surface area is 170 Å². The molecule has 30 heavy (non-hydrogen) atoms. The van der Waals surface area contributed by atoms with Gasteiger partial charge in [-0.3, -0.25) is 4.79 Å². The first-order chi connectivity index (χ1) is 14.4. The SMILES string of the molecule is CC(C(=O)C(C)c1coc(Cn2ncc(N)n2)n1)c1coc(Cn2ncc(N)n2)n1. The molecule has 0 fully saturated rings. The predicted octanol–water partition coefficient (Wildman–Crippen LogP) is 0.583. The molecule has 0 radical (unpaired) electrons. The molecule has 0 aliphatic carbocycles. The van der Waals surface area contributed by atoms with Crippen molar-refractivity contribution < 1.29 is 13.6 Å². The summed E-state index contributed by atoms with van der Waals surface area (Å²) in [5.41, 5.74) is 12.1. The molecule has 0 spiro atoms. The summed E-state index contributed by atoms with van der Waals surface area (Å²) in [5, 5.41) is 15.9. The summed E-state index contributed by atoms with van der Waals surface area (Å²) in [4.78, 5) is 24.4. The number of nitrogens with two attached hydrogens (primary N) is 2. The van der Waals surface area contributed by atoms with E-state index in [0.29, 0.717) is 34.8 Å². The molecular weight excluding hydrogens is 392 g/mol. The van der Waals surface area contributed by atoms with Gasteiger partial charge in [0.05, 0.1) is 35.6 Å². The second-order valence-corrected chi connectivity index (χ2v) is 6.78. The number of carbonyl (C=O) groups excluding carboxylic acids is 1. The molecule has 0 saturated heterocycles. The molecule has 0 saturated carbocycles. The molecule has 0 amide bonds. The second kappa shape index (κ2) is 7.77. The normalized spacial score (nSPS) is 13.4. The van der Waals surface area contributed by atoms with E-state index in [4.69, 9.17) is 20.3 Å². The Morgan fingerprint density at radius 1 is 0.900 bits per heavy atom. The highest BCUT2D eigenvalue weighted by Gasteiger charge is 2.27. The van der Waals surface area contributed by atoms with Crippen LogP contribution in [0.2, 0.25) is 0 Å². The smallest absolute Gasteiger partial charge is 0.217 e. The summed E-state index contributed by atoms with van der Waals surface area (Å²) in [7, 11) is 0. The molecule has 2 atom stereocenters. The van der Waals surface area contributed by atoms with Crippen LogP contribution in [0.3, 0.4) is 0 Å². The summed E-state index contributed by atoms with van der Waals surface area (Å²) in [6.07, 6.45) is 5.78. The van der Waals surface area contributed by atoms with Gasteiger partial charge in [-0.15, -0.1) is 10.2 Å². The molecule has 0 bridgehead atoms. The van der Waals surface area contributed by atoms with Crippen molar-refractivity contribution in [3.63, 3.8) is 0 Å². The Kier molecular flexibility index (Phi) is 5.00. The maximum atomic E-state index is 12.9. The highest BCUT2D eigenvalue weighted by atomic mass is 16.3. The van der Waals surface area contributed by atoms with Gasteiger partial charge in [0.1, 0.15) is 25.6 Å². The maximum absolute atomic E-state index is 12.9. The van der Waals surface area contributed by atoms with Gasteiger partial charge in [-0.2, -0.15) is 19.8 Å². The van der Waals surface area contributed by atoms with Gasteiger partial charge in [-0.25, -0.2) is 9.97 Å². The fraction of sp³-hybridized carbons (Fsp3) is 0.353. The predicted molar refractivity (Wildman–Crippen MR) is 102 cm³/mol. The molecule has 4 aromatic rings. The Hall–Kier alpha value is -4.03. The Morgan fingerprint density at radius 2 is 1.33 bits per heavy atom. The number of carbonyl (C=O) groups is 1. The number of nitrogen functional groups attached to an aromatic ring is 2. The molecule has 13 nitrogen and oxygen atoms in total. The molecule has 0 aliphatic rings. The van der Waals surface area contributed by atoms with Crippen LogP contribution < -0.4 is 11.5 Å². The number of hydrogen-bond donors (Lipinski definition) is 2. The number of hydrogen-bond acceptors (Lipinski definition) is 11. The third kappa shape index (κ3) is 4.04. The summed E-state index contributed by atoms with van der Waals surface area (Å²) in [5.74, 6) is 0.292. The zero-order valence-electron chi connectivity index (χ0n) is 16.3. The summed E-state index contributed by atoms with van der Waals surface area (Å²) < 4.78 is 10.9. The summed E-state index contributed by atoms with van der Waals surface area (Å²) in [6.45, 7) is 3.96. The molecule has 0 aliphatic heterocycles. The lowest BCUT2D eigenvalue weighted by molar-refractivity contribution is -0.121. The van der Waals surface area contributed by atoms with E-state index in [1.165, 1.54) is 34.5 Å². The quantitative estimate of drug-likeness (QED) is 0.413. The first-order valence-corrected chi connectivity index (χ1v) is 9.12. The largest absolute Gasteiger partial charge is 0.447 e. The first-order valence-electron chi connectivity index (χ1n) is 9.12. The van der Waals surface area contributed by atoms with Crippen molar-refractivity contribution in [1.82, 2.24) is 40.0 Å². The monoisotopic (exact) mass is 412 g/mol. The van der Waals surface area contributed by atoms with Crippen LogP contribution in [0.4, 0.5) is 11.6 Å². The number of rotatable bonds is 8. The van der Waals surface area contributed by atoms with Gasteiger partial charge < -0.3 is 20.3 Å². The van der Waals surface area contributed by atoms with Gasteiger partial charge in [0, 0.05) is 0 Å². The number of aromatic nitrogens is 8. The van der Waals surface area contributed by atoms with Crippen molar-refractivity contribution in [1.29, 1.82) is 0 Å². The van der Waals surface area contributed by atoms with Crippen molar-refractivity contribution in [2.24, 2.45) is 0 Å². The molecule has 4 N–H and O–H groups in total. The minimum Gasteiger partial charge on any atom is -0.447 e. The summed E-state index contributed by atoms with van der Waals surface area (Å²) >= 11 is 0. The van der Waals surface area contributed by atoms with Crippen LogP contribution in [0.25, 0.3) is 0 Å². The molecule has 156 valence electrons. The fourth-order valence-corrected chi connectivity index (χ4v) is 2.88. The third-order valence-corrected chi connectivity index (χ3v) is 4.54. The average Bonchev–Trinajstić information content (AvgIpc) is 3.50. The lowest BCUT2D eigenvalue weighted by Gasteiger charge is -2.11. The lowest BCUT2D eigenvalue weighted by Crippen LogP contribution is -2.17. The van der Waals surface area contributed by atoms with Crippen molar-refractivity contribution in [2.45, 2.75) is 38.8 Å². The van der Waals surface area contributed by atoms with Crippen LogP contribution in [0.5, 0.6) is 0 Å². The standard InChI is InChI=1S/C17H20N10O3/c1-9(11-7-29-15(22-11)5-26-20-3-13(18)24-26)17(28)10(2)12-8-30-16(23-12)6-27-21-4-14(19)25-27/h3-4,7-10H,5-6H2,1-2H3,(H2,18,24)(H2,19,25). The van der Waals surface area contributed by atoms with Crippen LogP contribution in [-0.4, -0.2) is 45.7 Å². The van der Waals surface area contributed by atoms with Crippen molar-refractivity contribution in [3.05, 3.63) is 48.1 Å². The van der Waals surface area contributed by atoms with E-state index in [1.807, 2.05) is 0 Å². The van der Waals surface area contributed by atoms with Crippen LogP contribution in [0.1, 0.15) is 48.9 Å². The van der Waals surface area contributed by atoms with E-state index in [0.717, 1.165) is 0 Å². The van der Waals surface area contributed by atoms with Gasteiger partial charge in [0.25, 0.3) is 0 Å². The van der Waals surface area contributed by atoms with Crippen LogP contribution in [0, 0.1) is 0 Å². The second-order valence-electron chi connectivity index (χ2n) is 6.78. The van der Waals surface area contributed by atoms with Crippen molar-refractivity contribution >= 4 is 17.4 Å². The molecule has 13 heteroatoms. The maximum Gasteiger partial charge on any atom is 0.217 e. The number of ketones is 1. The van der Waals surface area contributed by atoms with Crippen molar-refractivity contribution in [3.8, 4) is 0 Å². The van der Waals surface area contributed by atoms with Gasteiger partial charge in [0.15, 0.2) is 17.4 Å². The molecule has 4 aromatic heterocycles. The number of nitrogens with zero attached hydrogens (tertiary/aromatic N) is 8.